The normalized spacial score (nSPS) is 11.0. The van der Waals surface area contributed by atoms with Crippen LogP contribution in [0.4, 0.5) is 10.1 Å². The lowest BCUT2D eigenvalue weighted by molar-refractivity contribution is -0.384. The van der Waals surface area contributed by atoms with E-state index in [-0.39, 0.29) is 16.3 Å². The van der Waals surface area contributed by atoms with Gasteiger partial charge >= 0.3 is 0 Å². The summed E-state index contributed by atoms with van der Waals surface area (Å²) in [6.07, 6.45) is 0. The van der Waals surface area contributed by atoms with Gasteiger partial charge < -0.3 is 0 Å². The number of nitro benzene ring substituents is 1. The van der Waals surface area contributed by atoms with Crippen molar-refractivity contribution >= 4 is 40.0 Å². The van der Waals surface area contributed by atoms with Crippen LogP contribution >= 0.6 is 23.4 Å². The number of hydrogen-bond acceptors (Lipinski definition) is 5. The maximum Gasteiger partial charge on any atom is 0.269 e. The average molecular weight is 442 g/mol. The lowest BCUT2D eigenvalue weighted by atomic mass is 10.2. The Labute approximate surface area is 179 Å². The summed E-state index contributed by atoms with van der Waals surface area (Å²) in [7, 11) is 0. The number of benzene rings is 3. The number of thioether (sulfide) groups is 1. The average Bonchev–Trinajstić information content (AvgIpc) is 2.75. The molecule has 150 valence electrons. The lowest BCUT2D eigenvalue weighted by Gasteiger charge is -2.13. The molecule has 1 aromatic heterocycles. The standard InChI is InChI=1S/C21H13ClFN3O3S/c22-17-11-15(9-10-18(17)23)25-20(27)16-3-1-2-4-19(16)24-21(25)30-12-13-5-7-14(8-6-13)26(28)29/h1-11H,12H2. The molecular formula is C21H13ClFN3O3S. The number of hydrogen-bond donors (Lipinski definition) is 0. The molecule has 0 aliphatic rings. The highest BCUT2D eigenvalue weighted by Crippen LogP contribution is 2.27. The van der Waals surface area contributed by atoms with Crippen molar-refractivity contribution in [1.82, 2.24) is 9.55 Å². The van der Waals surface area contributed by atoms with Crippen LogP contribution in [0.25, 0.3) is 16.6 Å². The number of halogens is 2. The van der Waals surface area contributed by atoms with Crippen molar-refractivity contribution in [3.63, 3.8) is 0 Å². The van der Waals surface area contributed by atoms with Gasteiger partial charge in [-0.3, -0.25) is 19.5 Å². The molecular weight excluding hydrogens is 429 g/mol. The third-order valence-corrected chi connectivity index (χ3v) is 5.72. The summed E-state index contributed by atoms with van der Waals surface area (Å²) in [5.74, 6) is -0.153. The SMILES string of the molecule is O=c1c2ccccc2nc(SCc2ccc([N+](=O)[O-])cc2)n1-c1ccc(F)c(Cl)c1. The van der Waals surface area contributed by atoms with Crippen LogP contribution in [0.5, 0.6) is 0 Å². The Morgan fingerprint density at radius 3 is 2.53 bits per heavy atom. The van der Waals surface area contributed by atoms with Crippen LogP contribution in [0, 0.1) is 15.9 Å². The van der Waals surface area contributed by atoms with Gasteiger partial charge in [0.1, 0.15) is 5.82 Å². The van der Waals surface area contributed by atoms with Crippen molar-refractivity contribution in [3.05, 3.63) is 104 Å². The molecule has 0 aliphatic heterocycles. The monoisotopic (exact) mass is 441 g/mol. The fraction of sp³-hybridized carbons (Fsp3) is 0.0476. The van der Waals surface area contributed by atoms with Gasteiger partial charge in [0.15, 0.2) is 5.16 Å². The molecule has 9 heteroatoms. The van der Waals surface area contributed by atoms with E-state index in [9.17, 15) is 19.3 Å². The number of nitrogens with zero attached hydrogens (tertiary/aromatic N) is 3. The van der Waals surface area contributed by atoms with E-state index < -0.39 is 10.7 Å². The number of nitro groups is 1. The molecule has 0 fully saturated rings. The predicted octanol–water partition coefficient (Wildman–Crippen LogP) is 5.38. The third kappa shape index (κ3) is 3.92. The Morgan fingerprint density at radius 2 is 1.83 bits per heavy atom. The highest BCUT2D eigenvalue weighted by Gasteiger charge is 2.15. The van der Waals surface area contributed by atoms with Crippen LogP contribution < -0.4 is 5.56 Å². The maximum absolute atomic E-state index is 13.6. The molecule has 3 aromatic carbocycles. The molecule has 4 aromatic rings. The molecule has 0 radical (unpaired) electrons. The van der Waals surface area contributed by atoms with Crippen molar-refractivity contribution in [2.75, 3.05) is 0 Å². The zero-order valence-electron chi connectivity index (χ0n) is 15.3. The highest BCUT2D eigenvalue weighted by molar-refractivity contribution is 7.98. The molecule has 0 N–H and O–H groups in total. The number of non-ortho nitro benzene ring substituents is 1. The first-order valence-electron chi connectivity index (χ1n) is 8.77. The fourth-order valence-corrected chi connectivity index (χ4v) is 4.07. The summed E-state index contributed by atoms with van der Waals surface area (Å²) in [5, 5.41) is 11.6. The summed E-state index contributed by atoms with van der Waals surface area (Å²) in [4.78, 5) is 28.1. The van der Waals surface area contributed by atoms with Crippen LogP contribution in [-0.4, -0.2) is 14.5 Å². The van der Waals surface area contributed by atoms with Gasteiger partial charge in [-0.15, -0.1) is 0 Å². The maximum atomic E-state index is 13.6. The highest BCUT2D eigenvalue weighted by atomic mass is 35.5. The van der Waals surface area contributed by atoms with Crippen molar-refractivity contribution in [2.45, 2.75) is 10.9 Å². The first-order valence-corrected chi connectivity index (χ1v) is 10.1. The Morgan fingerprint density at radius 1 is 1.10 bits per heavy atom. The second kappa shape index (κ2) is 8.25. The molecule has 0 spiro atoms. The lowest BCUT2D eigenvalue weighted by Crippen LogP contribution is -2.21. The minimum atomic E-state index is -0.581. The minimum absolute atomic E-state index is 0.00504. The van der Waals surface area contributed by atoms with Gasteiger partial charge in [-0.25, -0.2) is 9.37 Å². The van der Waals surface area contributed by atoms with E-state index in [0.29, 0.717) is 27.5 Å². The van der Waals surface area contributed by atoms with Crippen molar-refractivity contribution < 1.29 is 9.31 Å². The first-order chi connectivity index (χ1) is 14.4. The molecule has 1 heterocycles. The van der Waals surface area contributed by atoms with Gasteiger partial charge in [0.2, 0.25) is 0 Å². The smallest absolute Gasteiger partial charge is 0.268 e. The van der Waals surface area contributed by atoms with E-state index in [4.69, 9.17) is 11.6 Å². The first kappa shape index (κ1) is 20.1. The summed E-state index contributed by atoms with van der Waals surface area (Å²) >= 11 is 7.22. The zero-order chi connectivity index (χ0) is 21.3. The van der Waals surface area contributed by atoms with Gasteiger partial charge in [0, 0.05) is 17.9 Å². The van der Waals surface area contributed by atoms with Gasteiger partial charge in [-0.2, -0.15) is 0 Å². The van der Waals surface area contributed by atoms with Crippen LogP contribution in [0.2, 0.25) is 5.02 Å². The molecule has 4 rings (SSSR count). The molecule has 6 nitrogen and oxygen atoms in total. The Balaban J connectivity index is 1.78. The summed E-state index contributed by atoms with van der Waals surface area (Å²) in [6, 6.07) is 17.2. The minimum Gasteiger partial charge on any atom is -0.268 e. The number of aromatic nitrogens is 2. The van der Waals surface area contributed by atoms with Crippen LogP contribution in [0.3, 0.4) is 0 Å². The van der Waals surface area contributed by atoms with Gasteiger partial charge in [-0.1, -0.05) is 47.6 Å². The molecule has 0 aliphatic carbocycles. The molecule has 0 unspecified atom stereocenters. The molecule has 0 amide bonds. The fourth-order valence-electron chi connectivity index (χ4n) is 2.92. The molecule has 0 saturated carbocycles. The van der Waals surface area contributed by atoms with Crippen LogP contribution in [-0.2, 0) is 5.75 Å². The molecule has 0 saturated heterocycles. The van der Waals surface area contributed by atoms with E-state index in [1.54, 1.807) is 36.4 Å². The molecule has 30 heavy (non-hydrogen) atoms. The Hall–Kier alpha value is -3.23. The van der Waals surface area contributed by atoms with E-state index in [1.165, 1.54) is 46.7 Å². The van der Waals surface area contributed by atoms with Crippen molar-refractivity contribution in [1.29, 1.82) is 0 Å². The largest absolute Gasteiger partial charge is 0.269 e. The van der Waals surface area contributed by atoms with Gasteiger partial charge in [-0.05, 0) is 35.9 Å². The second-order valence-corrected chi connectivity index (χ2v) is 7.71. The van der Waals surface area contributed by atoms with E-state index in [2.05, 4.69) is 4.98 Å². The van der Waals surface area contributed by atoms with Crippen molar-refractivity contribution in [3.8, 4) is 5.69 Å². The van der Waals surface area contributed by atoms with Crippen LogP contribution in [0.1, 0.15) is 5.56 Å². The predicted molar refractivity (Wildman–Crippen MR) is 115 cm³/mol. The second-order valence-electron chi connectivity index (χ2n) is 6.36. The summed E-state index contributed by atoms with van der Waals surface area (Å²) < 4.78 is 15.0. The van der Waals surface area contributed by atoms with Gasteiger partial charge in [0.05, 0.1) is 26.5 Å². The molecule has 0 bridgehead atoms. The van der Waals surface area contributed by atoms with E-state index >= 15 is 0 Å². The quantitative estimate of drug-likeness (QED) is 0.180. The number of fused-ring (bicyclic) bond motifs is 1. The third-order valence-electron chi connectivity index (χ3n) is 4.42. The van der Waals surface area contributed by atoms with Crippen LogP contribution in [0.15, 0.2) is 76.7 Å². The topological polar surface area (TPSA) is 78.0 Å². The number of para-hydroxylation sites is 1. The van der Waals surface area contributed by atoms with E-state index in [1.807, 2.05) is 0 Å². The Kier molecular flexibility index (Phi) is 5.52. The van der Waals surface area contributed by atoms with Crippen molar-refractivity contribution in [2.24, 2.45) is 0 Å². The summed E-state index contributed by atoms with van der Waals surface area (Å²) in [6.45, 7) is 0. The zero-order valence-corrected chi connectivity index (χ0v) is 16.9. The Bertz CT molecular complexity index is 1330. The van der Waals surface area contributed by atoms with E-state index in [0.717, 1.165) is 5.56 Å². The summed E-state index contributed by atoms with van der Waals surface area (Å²) in [5.41, 5.74) is 1.48. The van der Waals surface area contributed by atoms with Gasteiger partial charge in [0.25, 0.3) is 11.2 Å². The molecule has 0 atom stereocenters. The number of rotatable bonds is 5.